The zero-order valence-electron chi connectivity index (χ0n) is 7.57. The van der Waals surface area contributed by atoms with Crippen LogP contribution in [0.15, 0.2) is 30.5 Å². The summed E-state index contributed by atoms with van der Waals surface area (Å²) in [5.41, 5.74) is 1.92. The number of pyridine rings is 1. The molecule has 3 heteroatoms. The van der Waals surface area contributed by atoms with E-state index in [1.165, 1.54) is 0 Å². The third kappa shape index (κ3) is 1.59. The van der Waals surface area contributed by atoms with Gasteiger partial charge in [0.1, 0.15) is 0 Å². The zero-order chi connectivity index (χ0) is 9.97. The van der Waals surface area contributed by atoms with E-state index in [1.54, 1.807) is 6.20 Å². The van der Waals surface area contributed by atoms with Gasteiger partial charge in [0, 0.05) is 23.2 Å². The van der Waals surface area contributed by atoms with E-state index in [9.17, 15) is 0 Å². The summed E-state index contributed by atoms with van der Waals surface area (Å²) in [4.78, 5) is 4.27. The minimum atomic E-state index is 0.132. The second-order valence-corrected chi connectivity index (χ2v) is 3.49. The predicted molar refractivity (Wildman–Crippen MR) is 57.5 cm³/mol. The zero-order valence-corrected chi connectivity index (χ0v) is 8.33. The lowest BCUT2D eigenvalue weighted by Crippen LogP contribution is -1.93. The summed E-state index contributed by atoms with van der Waals surface area (Å²) in [5.74, 6) is 0. The first kappa shape index (κ1) is 9.44. The molecule has 0 aliphatic carbocycles. The minimum Gasteiger partial charge on any atom is -0.396 e. The number of rotatable bonds is 2. The van der Waals surface area contributed by atoms with E-state index in [2.05, 4.69) is 4.98 Å². The van der Waals surface area contributed by atoms with Gasteiger partial charge in [-0.1, -0.05) is 17.7 Å². The van der Waals surface area contributed by atoms with Crippen LogP contribution in [0.25, 0.3) is 10.9 Å². The van der Waals surface area contributed by atoms with Crippen LogP contribution in [0.1, 0.15) is 5.56 Å². The lowest BCUT2D eigenvalue weighted by molar-refractivity contribution is 0.300. The van der Waals surface area contributed by atoms with Gasteiger partial charge in [0.2, 0.25) is 0 Å². The molecule has 1 N–H and O–H groups in total. The molecule has 2 rings (SSSR count). The van der Waals surface area contributed by atoms with Gasteiger partial charge in [0.25, 0.3) is 0 Å². The van der Waals surface area contributed by atoms with Gasteiger partial charge in [0.05, 0.1) is 5.52 Å². The van der Waals surface area contributed by atoms with Crippen LogP contribution < -0.4 is 0 Å². The van der Waals surface area contributed by atoms with Crippen molar-refractivity contribution < 1.29 is 5.11 Å². The van der Waals surface area contributed by atoms with Gasteiger partial charge in [0.15, 0.2) is 0 Å². The second kappa shape index (κ2) is 3.95. The van der Waals surface area contributed by atoms with E-state index >= 15 is 0 Å². The Morgan fingerprint density at radius 3 is 2.93 bits per heavy atom. The summed E-state index contributed by atoms with van der Waals surface area (Å²) < 4.78 is 0. The SMILES string of the molecule is OCCc1ccc(Cl)c2cccnc12. The number of benzene rings is 1. The Morgan fingerprint density at radius 1 is 1.29 bits per heavy atom. The molecule has 14 heavy (non-hydrogen) atoms. The van der Waals surface area contributed by atoms with Crippen LogP contribution in [-0.2, 0) is 6.42 Å². The maximum absolute atomic E-state index is 8.89. The van der Waals surface area contributed by atoms with E-state index < -0.39 is 0 Å². The lowest BCUT2D eigenvalue weighted by Gasteiger charge is -2.04. The van der Waals surface area contributed by atoms with Crippen LogP contribution in [0.5, 0.6) is 0 Å². The van der Waals surface area contributed by atoms with Crippen LogP contribution in [-0.4, -0.2) is 16.7 Å². The van der Waals surface area contributed by atoms with Crippen molar-refractivity contribution in [3.05, 3.63) is 41.0 Å². The molecule has 0 radical (unpaired) electrons. The number of aliphatic hydroxyl groups is 1. The number of fused-ring (bicyclic) bond motifs is 1. The number of aliphatic hydroxyl groups excluding tert-OH is 1. The van der Waals surface area contributed by atoms with E-state index in [4.69, 9.17) is 16.7 Å². The third-order valence-corrected chi connectivity index (χ3v) is 2.51. The molecule has 0 bridgehead atoms. The highest BCUT2D eigenvalue weighted by molar-refractivity contribution is 6.35. The molecule has 0 saturated heterocycles. The fourth-order valence-electron chi connectivity index (χ4n) is 1.52. The first-order valence-electron chi connectivity index (χ1n) is 4.46. The normalized spacial score (nSPS) is 10.7. The average Bonchev–Trinajstić information content (AvgIpc) is 2.23. The lowest BCUT2D eigenvalue weighted by atomic mass is 10.1. The van der Waals surface area contributed by atoms with Gasteiger partial charge in [-0.3, -0.25) is 4.98 Å². The summed E-state index contributed by atoms with van der Waals surface area (Å²) in [7, 11) is 0. The van der Waals surface area contributed by atoms with Crippen molar-refractivity contribution in [1.82, 2.24) is 4.98 Å². The Labute approximate surface area is 87.2 Å². The van der Waals surface area contributed by atoms with Crippen molar-refractivity contribution >= 4 is 22.5 Å². The van der Waals surface area contributed by atoms with Crippen LogP contribution in [0.3, 0.4) is 0 Å². The van der Waals surface area contributed by atoms with E-state index in [0.717, 1.165) is 16.5 Å². The first-order chi connectivity index (χ1) is 6.83. The molecule has 1 aromatic carbocycles. The number of nitrogens with zero attached hydrogens (tertiary/aromatic N) is 1. The smallest absolute Gasteiger partial charge is 0.0749 e. The van der Waals surface area contributed by atoms with E-state index in [-0.39, 0.29) is 6.61 Å². The molecule has 0 saturated carbocycles. The standard InChI is InChI=1S/C11H10ClNO/c12-10-4-3-8(5-7-14)11-9(10)2-1-6-13-11/h1-4,6,14H,5,7H2. The molecule has 0 spiro atoms. The molecule has 0 amide bonds. The van der Waals surface area contributed by atoms with Crippen molar-refractivity contribution in [2.24, 2.45) is 0 Å². The molecular formula is C11H10ClNO. The number of hydrogen-bond acceptors (Lipinski definition) is 2. The topological polar surface area (TPSA) is 33.1 Å². The highest BCUT2D eigenvalue weighted by atomic mass is 35.5. The summed E-state index contributed by atoms with van der Waals surface area (Å²) in [5, 5.41) is 10.5. The van der Waals surface area contributed by atoms with Crippen molar-refractivity contribution in [3.63, 3.8) is 0 Å². The Hall–Kier alpha value is -1.12. The molecule has 1 aromatic heterocycles. The number of aromatic nitrogens is 1. The molecule has 0 atom stereocenters. The molecule has 2 aromatic rings. The maximum atomic E-state index is 8.89. The van der Waals surface area contributed by atoms with Gasteiger partial charge in [-0.25, -0.2) is 0 Å². The summed E-state index contributed by atoms with van der Waals surface area (Å²) in [6.45, 7) is 0.132. The Bertz CT molecular complexity index is 456. The van der Waals surface area contributed by atoms with E-state index in [1.807, 2.05) is 24.3 Å². The van der Waals surface area contributed by atoms with Crippen LogP contribution in [0, 0.1) is 0 Å². The average molecular weight is 208 g/mol. The molecule has 0 aliphatic heterocycles. The van der Waals surface area contributed by atoms with Gasteiger partial charge < -0.3 is 5.11 Å². The highest BCUT2D eigenvalue weighted by Crippen LogP contribution is 2.24. The van der Waals surface area contributed by atoms with Gasteiger partial charge in [-0.15, -0.1) is 0 Å². The molecule has 2 nitrogen and oxygen atoms in total. The van der Waals surface area contributed by atoms with Crippen LogP contribution in [0.4, 0.5) is 0 Å². The van der Waals surface area contributed by atoms with Crippen molar-refractivity contribution in [2.75, 3.05) is 6.61 Å². The van der Waals surface area contributed by atoms with E-state index in [0.29, 0.717) is 11.4 Å². The van der Waals surface area contributed by atoms with Crippen molar-refractivity contribution in [3.8, 4) is 0 Å². The number of halogens is 1. The van der Waals surface area contributed by atoms with Gasteiger partial charge >= 0.3 is 0 Å². The Balaban J connectivity index is 2.68. The van der Waals surface area contributed by atoms with Gasteiger partial charge in [-0.2, -0.15) is 0 Å². The Kier molecular flexibility index (Phi) is 2.66. The molecule has 0 aliphatic rings. The molecule has 72 valence electrons. The largest absolute Gasteiger partial charge is 0.396 e. The summed E-state index contributed by atoms with van der Waals surface area (Å²) >= 11 is 6.03. The summed E-state index contributed by atoms with van der Waals surface area (Å²) in [6, 6.07) is 7.55. The number of hydrogen-bond donors (Lipinski definition) is 1. The third-order valence-electron chi connectivity index (χ3n) is 2.18. The molecular weight excluding hydrogens is 198 g/mol. The summed E-state index contributed by atoms with van der Waals surface area (Å²) in [6.07, 6.45) is 2.35. The van der Waals surface area contributed by atoms with Crippen molar-refractivity contribution in [1.29, 1.82) is 0 Å². The molecule has 1 heterocycles. The quantitative estimate of drug-likeness (QED) is 0.821. The predicted octanol–water partition coefficient (Wildman–Crippen LogP) is 2.42. The first-order valence-corrected chi connectivity index (χ1v) is 4.83. The second-order valence-electron chi connectivity index (χ2n) is 3.08. The van der Waals surface area contributed by atoms with Crippen LogP contribution >= 0.6 is 11.6 Å². The monoisotopic (exact) mass is 207 g/mol. The fraction of sp³-hybridized carbons (Fsp3) is 0.182. The maximum Gasteiger partial charge on any atom is 0.0749 e. The van der Waals surface area contributed by atoms with Gasteiger partial charge in [-0.05, 0) is 30.2 Å². The fourth-order valence-corrected chi connectivity index (χ4v) is 1.73. The van der Waals surface area contributed by atoms with Crippen LogP contribution in [0.2, 0.25) is 5.02 Å². The van der Waals surface area contributed by atoms with Crippen molar-refractivity contribution in [2.45, 2.75) is 6.42 Å². The highest BCUT2D eigenvalue weighted by Gasteiger charge is 2.04. The molecule has 0 fully saturated rings. The molecule has 0 unspecified atom stereocenters. The Morgan fingerprint density at radius 2 is 2.14 bits per heavy atom. The minimum absolute atomic E-state index is 0.132.